The molecule has 4 rings (SSSR count). The summed E-state index contributed by atoms with van der Waals surface area (Å²) >= 11 is 0. The van der Waals surface area contributed by atoms with Crippen LogP contribution < -0.4 is 4.90 Å². The first-order valence-electron chi connectivity index (χ1n) is 9.99. The Bertz CT molecular complexity index is 617. The number of amides is 1. The molecule has 1 aromatic heterocycles. The van der Waals surface area contributed by atoms with Crippen molar-refractivity contribution in [3.8, 4) is 0 Å². The van der Waals surface area contributed by atoms with Crippen molar-refractivity contribution in [3.05, 3.63) is 5.82 Å². The highest BCUT2D eigenvalue weighted by Gasteiger charge is 2.54. The van der Waals surface area contributed by atoms with Gasteiger partial charge in [0.2, 0.25) is 11.9 Å². The smallest absolute Gasteiger partial charge is 0.231 e. The number of anilines is 1. The summed E-state index contributed by atoms with van der Waals surface area (Å²) in [5.41, 5.74) is 0.115. The zero-order valence-electron chi connectivity index (χ0n) is 15.1. The van der Waals surface area contributed by atoms with Crippen LogP contribution in [0.2, 0.25) is 0 Å². The molecule has 2 heterocycles. The zero-order valence-corrected chi connectivity index (χ0v) is 15.1. The molecule has 0 saturated heterocycles. The van der Waals surface area contributed by atoms with Gasteiger partial charge in [-0.15, -0.1) is 0 Å². The fourth-order valence-corrected chi connectivity index (χ4v) is 5.52. The third kappa shape index (κ3) is 2.23. The highest BCUT2D eigenvalue weighted by atomic mass is 16.2. The number of aromatic nitrogens is 3. The summed E-state index contributed by atoms with van der Waals surface area (Å²) in [7, 11) is 0. The Morgan fingerprint density at radius 3 is 2.58 bits per heavy atom. The average molecular weight is 330 g/mol. The molecule has 1 aliphatic heterocycles. The standard InChI is InChI=1S/C19H30N4O/c1-3-16-20-18-22(17(24)4-2)15-11-7-6-10-14(15)19(23(18)21-16)12-8-5-9-13-19/h14-15H,3-13H2,1-2H3/t14-,15+/m1/s1. The average Bonchev–Trinajstić information content (AvgIpc) is 3.07. The maximum atomic E-state index is 12.8. The number of rotatable bonds is 2. The molecule has 2 aliphatic carbocycles. The van der Waals surface area contributed by atoms with Crippen molar-refractivity contribution >= 4 is 11.9 Å². The molecule has 0 aromatic carbocycles. The summed E-state index contributed by atoms with van der Waals surface area (Å²) in [5, 5.41) is 4.92. The molecular weight excluding hydrogens is 300 g/mol. The molecule has 24 heavy (non-hydrogen) atoms. The molecule has 1 amide bonds. The number of aryl methyl sites for hydroxylation is 1. The minimum absolute atomic E-state index is 0.115. The van der Waals surface area contributed by atoms with E-state index in [4.69, 9.17) is 10.1 Å². The highest BCUT2D eigenvalue weighted by Crippen LogP contribution is 2.52. The highest BCUT2D eigenvalue weighted by molar-refractivity contribution is 5.92. The third-order valence-electron chi connectivity index (χ3n) is 6.63. The van der Waals surface area contributed by atoms with E-state index in [9.17, 15) is 4.79 Å². The van der Waals surface area contributed by atoms with E-state index in [1.807, 2.05) is 11.8 Å². The molecule has 2 saturated carbocycles. The molecule has 5 nitrogen and oxygen atoms in total. The Morgan fingerprint density at radius 1 is 1.12 bits per heavy atom. The first kappa shape index (κ1) is 16.1. The number of carbonyl (C=O) groups is 1. The molecule has 3 aliphatic rings. The van der Waals surface area contributed by atoms with Crippen molar-refractivity contribution in [2.75, 3.05) is 4.90 Å². The lowest BCUT2D eigenvalue weighted by molar-refractivity contribution is -0.120. The minimum Gasteiger partial charge on any atom is -0.277 e. The van der Waals surface area contributed by atoms with Crippen LogP contribution in [0, 0.1) is 5.92 Å². The Kier molecular flexibility index (Phi) is 4.13. The van der Waals surface area contributed by atoms with Crippen molar-refractivity contribution in [3.63, 3.8) is 0 Å². The largest absolute Gasteiger partial charge is 0.277 e. The molecule has 0 N–H and O–H groups in total. The summed E-state index contributed by atoms with van der Waals surface area (Å²) in [4.78, 5) is 19.7. The van der Waals surface area contributed by atoms with Gasteiger partial charge in [0.25, 0.3) is 0 Å². The van der Waals surface area contributed by atoms with Crippen molar-refractivity contribution in [1.29, 1.82) is 0 Å². The Balaban J connectivity index is 1.88. The molecule has 0 bridgehead atoms. The van der Waals surface area contributed by atoms with E-state index in [-0.39, 0.29) is 11.4 Å². The summed E-state index contributed by atoms with van der Waals surface area (Å²) in [6.45, 7) is 4.07. The fraction of sp³-hybridized carbons (Fsp3) is 0.842. The predicted octanol–water partition coefficient (Wildman–Crippen LogP) is 3.82. The molecule has 132 valence electrons. The van der Waals surface area contributed by atoms with Crippen molar-refractivity contribution in [2.45, 2.75) is 96.1 Å². The van der Waals surface area contributed by atoms with Crippen LogP contribution in [0.3, 0.4) is 0 Å². The molecule has 1 spiro atoms. The van der Waals surface area contributed by atoms with E-state index in [0.717, 1.165) is 24.6 Å². The van der Waals surface area contributed by atoms with Gasteiger partial charge in [0.1, 0.15) is 0 Å². The third-order valence-corrected chi connectivity index (χ3v) is 6.63. The summed E-state index contributed by atoms with van der Waals surface area (Å²) < 4.78 is 2.21. The van der Waals surface area contributed by atoms with Gasteiger partial charge in [-0.25, -0.2) is 4.68 Å². The number of nitrogens with zero attached hydrogens (tertiary/aromatic N) is 4. The van der Waals surface area contributed by atoms with Crippen molar-refractivity contribution in [2.24, 2.45) is 5.92 Å². The quantitative estimate of drug-likeness (QED) is 0.828. The monoisotopic (exact) mass is 330 g/mol. The summed E-state index contributed by atoms with van der Waals surface area (Å²) in [6.07, 6.45) is 12.6. The van der Waals surface area contributed by atoms with Crippen LogP contribution in [0.25, 0.3) is 0 Å². The fourth-order valence-electron chi connectivity index (χ4n) is 5.52. The second-order valence-electron chi connectivity index (χ2n) is 7.83. The normalized spacial score (nSPS) is 28.5. The van der Waals surface area contributed by atoms with Crippen LogP contribution in [-0.4, -0.2) is 26.7 Å². The molecule has 5 heteroatoms. The van der Waals surface area contributed by atoms with E-state index in [0.29, 0.717) is 18.4 Å². The van der Waals surface area contributed by atoms with Gasteiger partial charge in [-0.2, -0.15) is 10.1 Å². The molecule has 0 radical (unpaired) electrons. The first-order chi connectivity index (χ1) is 11.7. The van der Waals surface area contributed by atoms with Crippen LogP contribution in [0.15, 0.2) is 0 Å². The maximum Gasteiger partial charge on any atom is 0.231 e. The molecule has 2 fully saturated rings. The Hall–Kier alpha value is -1.39. The van der Waals surface area contributed by atoms with Crippen LogP contribution in [0.5, 0.6) is 0 Å². The van der Waals surface area contributed by atoms with E-state index in [1.165, 1.54) is 51.4 Å². The molecule has 1 aromatic rings. The maximum absolute atomic E-state index is 12.8. The number of carbonyl (C=O) groups excluding carboxylic acids is 1. The predicted molar refractivity (Wildman–Crippen MR) is 94.0 cm³/mol. The summed E-state index contributed by atoms with van der Waals surface area (Å²) in [5.74, 6) is 2.51. The van der Waals surface area contributed by atoms with Crippen molar-refractivity contribution < 1.29 is 4.79 Å². The number of hydrogen-bond acceptors (Lipinski definition) is 3. The van der Waals surface area contributed by atoms with E-state index < -0.39 is 0 Å². The number of fused-ring (bicyclic) bond motifs is 4. The van der Waals surface area contributed by atoms with E-state index in [2.05, 4.69) is 11.6 Å². The van der Waals surface area contributed by atoms with Crippen molar-refractivity contribution in [1.82, 2.24) is 14.8 Å². The lowest BCUT2D eigenvalue weighted by Crippen LogP contribution is -2.61. The van der Waals surface area contributed by atoms with Gasteiger partial charge < -0.3 is 0 Å². The van der Waals surface area contributed by atoms with E-state index in [1.54, 1.807) is 0 Å². The Morgan fingerprint density at radius 2 is 1.88 bits per heavy atom. The zero-order chi connectivity index (χ0) is 16.7. The van der Waals surface area contributed by atoms with Gasteiger partial charge in [0.05, 0.1) is 5.54 Å². The molecule has 2 atom stereocenters. The lowest BCUT2D eigenvalue weighted by Gasteiger charge is -2.55. The second kappa shape index (κ2) is 6.16. The van der Waals surface area contributed by atoms with E-state index >= 15 is 0 Å². The Labute approximate surface area is 144 Å². The van der Waals surface area contributed by atoms with Gasteiger partial charge in [-0.05, 0) is 25.7 Å². The molecular formula is C19H30N4O. The van der Waals surface area contributed by atoms with Gasteiger partial charge in [-0.1, -0.05) is 46.0 Å². The SMILES string of the molecule is CCC(=O)N1c2nc(CC)nn2C2(CCCCC2)[C@@H]2CCCC[C@@H]21. The first-order valence-corrected chi connectivity index (χ1v) is 9.99. The van der Waals surface area contributed by atoms with Crippen LogP contribution >= 0.6 is 0 Å². The van der Waals surface area contributed by atoms with Crippen LogP contribution in [0.1, 0.15) is 83.9 Å². The topological polar surface area (TPSA) is 51.0 Å². The van der Waals surface area contributed by atoms with Crippen LogP contribution in [-0.2, 0) is 16.8 Å². The second-order valence-corrected chi connectivity index (χ2v) is 7.83. The minimum atomic E-state index is 0.115. The van der Waals surface area contributed by atoms with Gasteiger partial charge in [-0.3, -0.25) is 9.69 Å². The number of hydrogen-bond donors (Lipinski definition) is 0. The van der Waals surface area contributed by atoms with Gasteiger partial charge in [0.15, 0.2) is 5.82 Å². The van der Waals surface area contributed by atoms with Gasteiger partial charge >= 0.3 is 0 Å². The summed E-state index contributed by atoms with van der Waals surface area (Å²) in [6, 6.07) is 0.339. The van der Waals surface area contributed by atoms with Crippen LogP contribution in [0.4, 0.5) is 5.95 Å². The van der Waals surface area contributed by atoms with Gasteiger partial charge in [0, 0.05) is 24.8 Å². The lowest BCUT2D eigenvalue weighted by atomic mass is 9.64. The molecule has 0 unspecified atom stereocenters.